The Labute approximate surface area is 179 Å². The summed E-state index contributed by atoms with van der Waals surface area (Å²) in [7, 11) is -0.685. The summed E-state index contributed by atoms with van der Waals surface area (Å²) in [6.45, 7) is 13.8. The molecule has 1 N–H and O–H groups in total. The normalized spacial score (nSPS) is 10.4. The molecule has 0 aromatic heterocycles. The van der Waals surface area contributed by atoms with Gasteiger partial charge in [-0.25, -0.2) is 4.85 Å². The van der Waals surface area contributed by atoms with Crippen LogP contribution in [0.4, 0.5) is 11.4 Å². The van der Waals surface area contributed by atoms with Crippen molar-refractivity contribution in [3.8, 4) is 5.75 Å². The van der Waals surface area contributed by atoms with Crippen molar-refractivity contribution >= 4 is 51.8 Å². The summed E-state index contributed by atoms with van der Waals surface area (Å²) >= 11 is 2.27. The van der Waals surface area contributed by atoms with Gasteiger partial charge >= 0.3 is 7.05 Å². The third kappa shape index (κ3) is 4.32. The minimum Gasteiger partial charge on any atom is -0.488 e. The molecule has 0 radical (unpaired) electrons. The van der Waals surface area contributed by atoms with E-state index in [0.29, 0.717) is 18.8 Å². The van der Waals surface area contributed by atoms with Crippen LogP contribution in [-0.4, -0.2) is 18.6 Å². The van der Waals surface area contributed by atoms with E-state index in [1.807, 2.05) is 53.3 Å². The number of ether oxygens (including phenoxy) is 1. The van der Waals surface area contributed by atoms with E-state index in [2.05, 4.69) is 34.0 Å². The average molecular weight is 482 g/mol. The van der Waals surface area contributed by atoms with Gasteiger partial charge in [0.1, 0.15) is 12.4 Å². The number of anilines is 1. The number of benzene rings is 3. The molecule has 6 heteroatoms. The molecule has 0 fully saturated rings. The number of rotatable bonds is 7. The highest BCUT2D eigenvalue weighted by Crippen LogP contribution is 2.39. The zero-order valence-electron chi connectivity index (χ0n) is 15.6. The summed E-state index contributed by atoms with van der Waals surface area (Å²) in [5.41, 5.74) is 2.50. The highest BCUT2D eigenvalue weighted by molar-refractivity contribution is 14.1. The molecule has 3 rings (SSSR count). The first kappa shape index (κ1) is 20.2. The Kier molecular flexibility index (Phi) is 6.60. The maximum Gasteiger partial charge on any atom is 0.409 e. The van der Waals surface area contributed by atoms with Crippen molar-refractivity contribution < 1.29 is 9.76 Å². The highest BCUT2D eigenvalue weighted by atomic mass is 127. The molecule has 0 saturated carbocycles. The van der Waals surface area contributed by atoms with Crippen molar-refractivity contribution in [2.75, 3.05) is 11.4 Å². The SMILES string of the molecule is [C-]#[N+]c1ccc2c(OCc3ccccc3)cc(N(CC=C)B(C)O)c(I)c2c1. The van der Waals surface area contributed by atoms with Crippen LogP contribution in [0.3, 0.4) is 0 Å². The largest absolute Gasteiger partial charge is 0.488 e. The first-order valence-corrected chi connectivity index (χ1v) is 9.99. The maximum atomic E-state index is 10.3. The van der Waals surface area contributed by atoms with Gasteiger partial charge in [0.2, 0.25) is 0 Å². The Balaban J connectivity index is 2.13. The van der Waals surface area contributed by atoms with E-state index in [4.69, 9.17) is 11.3 Å². The molecule has 4 nitrogen and oxygen atoms in total. The lowest BCUT2D eigenvalue weighted by Gasteiger charge is -2.27. The molecular formula is C22H20BIN2O2. The first-order valence-electron chi connectivity index (χ1n) is 8.91. The summed E-state index contributed by atoms with van der Waals surface area (Å²) < 4.78 is 7.13. The van der Waals surface area contributed by atoms with Gasteiger partial charge in [0.05, 0.1) is 6.57 Å². The minimum atomic E-state index is -0.685. The van der Waals surface area contributed by atoms with Gasteiger partial charge in [0, 0.05) is 27.3 Å². The number of hydrogen-bond donors (Lipinski definition) is 1. The van der Waals surface area contributed by atoms with Crippen molar-refractivity contribution in [1.82, 2.24) is 0 Å². The van der Waals surface area contributed by atoms with Crippen molar-refractivity contribution in [1.29, 1.82) is 0 Å². The van der Waals surface area contributed by atoms with Crippen LogP contribution in [0.2, 0.25) is 6.82 Å². The molecule has 3 aromatic rings. The van der Waals surface area contributed by atoms with E-state index in [1.165, 1.54) is 0 Å². The van der Waals surface area contributed by atoms with Gasteiger partial charge in [-0.1, -0.05) is 48.5 Å². The van der Waals surface area contributed by atoms with Gasteiger partial charge in [0.25, 0.3) is 0 Å². The molecule has 140 valence electrons. The first-order chi connectivity index (χ1) is 13.5. The molecule has 0 unspecified atom stereocenters. The molecule has 0 aliphatic carbocycles. The Hall–Kier alpha value is -2.50. The number of nitrogens with zero attached hydrogens (tertiary/aromatic N) is 2. The van der Waals surface area contributed by atoms with Crippen molar-refractivity contribution in [3.05, 3.63) is 87.8 Å². The van der Waals surface area contributed by atoms with E-state index in [9.17, 15) is 5.02 Å². The predicted octanol–water partition coefficient (Wildman–Crippen LogP) is 5.68. The molecule has 3 aromatic carbocycles. The zero-order chi connectivity index (χ0) is 20.1. The Morgan fingerprint density at radius 2 is 1.96 bits per heavy atom. The molecule has 0 bridgehead atoms. The van der Waals surface area contributed by atoms with Crippen LogP contribution in [-0.2, 0) is 6.61 Å². The topological polar surface area (TPSA) is 37.1 Å². The van der Waals surface area contributed by atoms with Crippen LogP contribution in [0, 0.1) is 10.1 Å². The summed E-state index contributed by atoms with van der Waals surface area (Å²) in [6, 6.07) is 17.5. The van der Waals surface area contributed by atoms with E-state index in [-0.39, 0.29) is 0 Å². The summed E-state index contributed by atoms with van der Waals surface area (Å²) in [5, 5.41) is 12.2. The van der Waals surface area contributed by atoms with Crippen LogP contribution < -0.4 is 9.55 Å². The molecule has 0 heterocycles. The molecular weight excluding hydrogens is 462 g/mol. The van der Waals surface area contributed by atoms with E-state index >= 15 is 0 Å². The van der Waals surface area contributed by atoms with Crippen molar-refractivity contribution in [2.45, 2.75) is 13.4 Å². The summed E-state index contributed by atoms with van der Waals surface area (Å²) in [5.74, 6) is 0.723. The van der Waals surface area contributed by atoms with Crippen LogP contribution in [0.1, 0.15) is 5.56 Å². The summed E-state index contributed by atoms with van der Waals surface area (Å²) in [6.07, 6.45) is 1.76. The number of halogens is 1. The lowest BCUT2D eigenvalue weighted by Crippen LogP contribution is -2.37. The Morgan fingerprint density at radius 3 is 2.61 bits per heavy atom. The van der Waals surface area contributed by atoms with Gasteiger partial charge in [-0.3, -0.25) is 0 Å². The van der Waals surface area contributed by atoms with Crippen molar-refractivity contribution in [2.24, 2.45) is 0 Å². The molecule has 0 saturated heterocycles. The van der Waals surface area contributed by atoms with Gasteiger partial charge < -0.3 is 14.6 Å². The van der Waals surface area contributed by atoms with Crippen molar-refractivity contribution in [3.63, 3.8) is 0 Å². The van der Waals surface area contributed by atoms with Gasteiger partial charge in [-0.2, -0.15) is 0 Å². The van der Waals surface area contributed by atoms with Crippen LogP contribution in [0.25, 0.3) is 15.6 Å². The lowest BCUT2D eigenvalue weighted by molar-refractivity contribution is 0.310. The van der Waals surface area contributed by atoms with Crippen LogP contribution >= 0.6 is 22.6 Å². The van der Waals surface area contributed by atoms with Gasteiger partial charge in [-0.15, -0.1) is 6.58 Å². The fourth-order valence-corrected chi connectivity index (χ4v) is 3.97. The Morgan fingerprint density at radius 1 is 1.21 bits per heavy atom. The second-order valence-electron chi connectivity index (χ2n) is 6.40. The smallest absolute Gasteiger partial charge is 0.409 e. The predicted molar refractivity (Wildman–Crippen MR) is 125 cm³/mol. The molecule has 0 atom stereocenters. The Bertz CT molecular complexity index is 1030. The maximum absolute atomic E-state index is 10.3. The van der Waals surface area contributed by atoms with E-state index in [1.54, 1.807) is 19.0 Å². The third-order valence-electron chi connectivity index (χ3n) is 4.45. The lowest BCUT2D eigenvalue weighted by atomic mass is 9.84. The molecule has 0 aliphatic rings. The van der Waals surface area contributed by atoms with E-state index < -0.39 is 7.05 Å². The second kappa shape index (κ2) is 9.13. The van der Waals surface area contributed by atoms with Gasteiger partial charge in [-0.05, 0) is 46.4 Å². The molecule has 28 heavy (non-hydrogen) atoms. The van der Waals surface area contributed by atoms with Crippen LogP contribution in [0.5, 0.6) is 5.75 Å². The monoisotopic (exact) mass is 482 g/mol. The average Bonchev–Trinajstić information content (AvgIpc) is 2.72. The fourth-order valence-electron chi connectivity index (χ4n) is 3.06. The zero-order valence-corrected chi connectivity index (χ0v) is 17.8. The number of fused-ring (bicyclic) bond motifs is 1. The minimum absolute atomic E-state index is 0.441. The molecule has 0 amide bonds. The van der Waals surface area contributed by atoms with Crippen LogP contribution in [0.15, 0.2) is 67.3 Å². The highest BCUT2D eigenvalue weighted by Gasteiger charge is 2.21. The molecule has 0 spiro atoms. The van der Waals surface area contributed by atoms with Gasteiger partial charge in [0.15, 0.2) is 5.69 Å². The molecule has 0 aliphatic heterocycles. The third-order valence-corrected chi connectivity index (χ3v) is 5.58. The summed E-state index contributed by atoms with van der Waals surface area (Å²) in [4.78, 5) is 5.41. The second-order valence-corrected chi connectivity index (χ2v) is 7.48. The fraction of sp³-hybridized carbons (Fsp3) is 0.136. The van der Waals surface area contributed by atoms with E-state index in [0.717, 1.165) is 31.3 Å². The number of hydrogen-bond acceptors (Lipinski definition) is 3. The standard InChI is InChI=1S/C22H20BIN2O2/c1-4-12-26(23(2)27)20-14-21(28-15-16-8-6-5-7-9-16)18-11-10-17(25-3)13-19(18)22(20)24/h4-11,13-14,27H,1,12,15H2,2H3. The quantitative estimate of drug-likeness (QED) is 0.204.